The van der Waals surface area contributed by atoms with E-state index in [-0.39, 0.29) is 22.2 Å². The number of hydrogen-bond acceptors (Lipinski definition) is 4. The first kappa shape index (κ1) is 22.4. The number of para-hydroxylation sites is 2. The van der Waals surface area contributed by atoms with Gasteiger partial charge >= 0.3 is 0 Å². The Labute approximate surface area is 210 Å². The number of piperidine rings is 1. The number of halogens is 1. The molecule has 0 saturated carbocycles. The Morgan fingerprint density at radius 2 is 1.83 bits per heavy atom. The first-order chi connectivity index (χ1) is 17.5. The highest BCUT2D eigenvalue weighted by molar-refractivity contribution is 7.71. The molecule has 7 nitrogen and oxygen atoms in total. The third-order valence-corrected chi connectivity index (χ3v) is 7.02. The number of nitrogens with one attached hydrogen (secondary N) is 2. The van der Waals surface area contributed by atoms with Gasteiger partial charge in [0.05, 0.1) is 27.6 Å². The van der Waals surface area contributed by atoms with Gasteiger partial charge in [-0.1, -0.05) is 12.1 Å². The fourth-order valence-corrected chi connectivity index (χ4v) is 5.21. The van der Waals surface area contributed by atoms with Gasteiger partial charge in [-0.25, -0.2) is 9.37 Å². The number of aromatic nitrogens is 4. The molecule has 1 amide bonds. The van der Waals surface area contributed by atoms with Crippen molar-refractivity contribution in [3.05, 3.63) is 99.1 Å². The summed E-state index contributed by atoms with van der Waals surface area (Å²) >= 11 is 5.42. The van der Waals surface area contributed by atoms with E-state index in [1.807, 2.05) is 29.2 Å². The lowest BCUT2D eigenvalue weighted by molar-refractivity contribution is 0.0705. The third-order valence-electron chi connectivity index (χ3n) is 6.73. The van der Waals surface area contributed by atoms with Crippen LogP contribution in [0.15, 0.2) is 71.5 Å². The van der Waals surface area contributed by atoms with Gasteiger partial charge in [0.1, 0.15) is 11.6 Å². The van der Waals surface area contributed by atoms with Gasteiger partial charge in [0.2, 0.25) is 0 Å². The molecule has 0 bridgehead atoms. The first-order valence-corrected chi connectivity index (χ1v) is 12.2. The van der Waals surface area contributed by atoms with E-state index < -0.39 is 5.82 Å². The zero-order valence-electron chi connectivity index (χ0n) is 19.2. The fourth-order valence-electron chi connectivity index (χ4n) is 4.91. The van der Waals surface area contributed by atoms with Crippen LogP contribution in [0.3, 0.4) is 0 Å². The zero-order valence-corrected chi connectivity index (χ0v) is 20.0. The third kappa shape index (κ3) is 3.91. The van der Waals surface area contributed by atoms with Crippen LogP contribution in [0.4, 0.5) is 4.39 Å². The summed E-state index contributed by atoms with van der Waals surface area (Å²) in [4.78, 5) is 39.6. The van der Waals surface area contributed by atoms with Crippen molar-refractivity contribution in [1.29, 1.82) is 0 Å². The van der Waals surface area contributed by atoms with Crippen molar-refractivity contribution in [3.63, 3.8) is 0 Å². The van der Waals surface area contributed by atoms with Gasteiger partial charge in [0.25, 0.3) is 11.5 Å². The van der Waals surface area contributed by atoms with E-state index in [2.05, 4.69) is 9.97 Å². The number of aromatic amines is 2. The Kier molecular flexibility index (Phi) is 5.49. The number of likely N-dealkylation sites (tertiary alicyclic amines) is 1. The molecule has 0 radical (unpaired) electrons. The van der Waals surface area contributed by atoms with Crippen LogP contribution in [0.25, 0.3) is 27.6 Å². The highest BCUT2D eigenvalue weighted by atomic mass is 32.1. The Bertz CT molecular complexity index is 1700. The van der Waals surface area contributed by atoms with Crippen molar-refractivity contribution in [1.82, 2.24) is 24.4 Å². The molecule has 0 aliphatic carbocycles. The van der Waals surface area contributed by atoms with Gasteiger partial charge in [-0.3, -0.25) is 14.2 Å². The quantitative estimate of drug-likeness (QED) is 0.339. The van der Waals surface area contributed by atoms with Crippen molar-refractivity contribution in [2.45, 2.75) is 18.8 Å². The number of H-pyrrole nitrogens is 2. The molecule has 1 atom stereocenters. The van der Waals surface area contributed by atoms with Gasteiger partial charge in [0, 0.05) is 24.6 Å². The van der Waals surface area contributed by atoms with E-state index in [0.717, 1.165) is 29.7 Å². The Morgan fingerprint density at radius 1 is 1.03 bits per heavy atom. The number of fused-ring (bicyclic) bond motifs is 2. The number of rotatable bonds is 3. The summed E-state index contributed by atoms with van der Waals surface area (Å²) in [5.41, 5.74) is 3.02. The molecule has 3 aromatic carbocycles. The molecule has 0 spiro atoms. The molecular formula is C27H22FN5O2S. The first-order valence-electron chi connectivity index (χ1n) is 11.8. The van der Waals surface area contributed by atoms with Gasteiger partial charge in [-0.2, -0.15) is 0 Å². The molecule has 36 heavy (non-hydrogen) atoms. The van der Waals surface area contributed by atoms with Crippen LogP contribution in [0.1, 0.15) is 34.9 Å². The van der Waals surface area contributed by atoms with Gasteiger partial charge < -0.3 is 14.9 Å². The van der Waals surface area contributed by atoms with Gasteiger partial charge in [0.15, 0.2) is 4.77 Å². The monoisotopic (exact) mass is 499 g/mol. The molecule has 2 aromatic heterocycles. The summed E-state index contributed by atoms with van der Waals surface area (Å²) in [6, 6.07) is 18.4. The van der Waals surface area contributed by atoms with E-state index in [1.54, 1.807) is 18.2 Å². The van der Waals surface area contributed by atoms with E-state index in [1.165, 1.54) is 28.8 Å². The van der Waals surface area contributed by atoms with Crippen LogP contribution in [0.2, 0.25) is 0 Å². The lowest BCUT2D eigenvalue weighted by Gasteiger charge is -2.32. The zero-order chi connectivity index (χ0) is 24.8. The maximum absolute atomic E-state index is 13.4. The number of amides is 1. The molecule has 1 aliphatic rings. The average Bonchev–Trinajstić information content (AvgIpc) is 3.34. The summed E-state index contributed by atoms with van der Waals surface area (Å²) in [6.07, 6.45) is 1.84. The van der Waals surface area contributed by atoms with E-state index in [4.69, 9.17) is 17.2 Å². The summed E-state index contributed by atoms with van der Waals surface area (Å²) in [6.45, 7) is 1.23. The molecule has 1 fully saturated rings. The van der Waals surface area contributed by atoms with Gasteiger partial charge in [-0.15, -0.1) is 0 Å². The number of hydrogen-bond donors (Lipinski definition) is 2. The minimum atomic E-state index is -0.397. The molecule has 5 aromatic rings. The SMILES string of the molecule is O=C(c1ccc2c(=O)n(-c3ccc(F)cc3)c(=S)[nH]c2c1)N1CCCC(c2nc3ccccc3[nH]2)C1. The Morgan fingerprint density at radius 3 is 2.64 bits per heavy atom. The predicted molar refractivity (Wildman–Crippen MR) is 139 cm³/mol. The minimum Gasteiger partial charge on any atom is -0.342 e. The summed E-state index contributed by atoms with van der Waals surface area (Å²) in [5, 5.41) is 0.392. The van der Waals surface area contributed by atoms with Crippen LogP contribution < -0.4 is 5.56 Å². The van der Waals surface area contributed by atoms with E-state index in [0.29, 0.717) is 35.2 Å². The molecule has 180 valence electrons. The van der Waals surface area contributed by atoms with Crippen LogP contribution in [-0.2, 0) is 0 Å². The highest BCUT2D eigenvalue weighted by Gasteiger charge is 2.27. The topological polar surface area (TPSA) is 86.8 Å². The Balaban J connectivity index is 1.29. The maximum atomic E-state index is 13.4. The largest absolute Gasteiger partial charge is 0.342 e. The number of benzene rings is 3. The molecule has 1 aliphatic heterocycles. The predicted octanol–water partition coefficient (Wildman–Crippen LogP) is 5.08. The van der Waals surface area contributed by atoms with Crippen molar-refractivity contribution < 1.29 is 9.18 Å². The highest BCUT2D eigenvalue weighted by Crippen LogP contribution is 2.28. The van der Waals surface area contributed by atoms with Crippen molar-refractivity contribution >= 4 is 40.1 Å². The second-order valence-corrected chi connectivity index (χ2v) is 9.42. The average molecular weight is 500 g/mol. The fraction of sp³-hybridized carbons (Fsp3) is 0.185. The molecule has 2 N–H and O–H groups in total. The van der Waals surface area contributed by atoms with Gasteiger partial charge in [-0.05, 0) is 79.7 Å². The molecule has 3 heterocycles. The number of nitrogens with zero attached hydrogens (tertiary/aromatic N) is 3. The van der Waals surface area contributed by atoms with Crippen LogP contribution in [0, 0.1) is 10.6 Å². The van der Waals surface area contributed by atoms with Crippen molar-refractivity contribution in [2.75, 3.05) is 13.1 Å². The lowest BCUT2D eigenvalue weighted by atomic mass is 9.96. The molecule has 1 saturated heterocycles. The summed E-state index contributed by atoms with van der Waals surface area (Å²) in [5.74, 6) is 0.535. The van der Waals surface area contributed by atoms with E-state index in [9.17, 15) is 14.0 Å². The Hall–Kier alpha value is -4.11. The van der Waals surface area contributed by atoms with E-state index >= 15 is 0 Å². The van der Waals surface area contributed by atoms with Crippen LogP contribution >= 0.6 is 12.2 Å². The molecule has 1 unspecified atom stereocenters. The summed E-state index contributed by atoms with van der Waals surface area (Å²) in [7, 11) is 0. The standard InChI is InChI=1S/C27H22FN5O2S/c28-18-8-10-19(11-9-18)33-26(35)20-12-7-16(14-23(20)31-27(33)36)25(34)32-13-3-4-17(15-32)24-29-21-5-1-2-6-22(21)30-24/h1-2,5-12,14,17H,3-4,13,15H2,(H,29,30)(H,31,36). The second kappa shape index (κ2) is 8.83. The molecule has 6 rings (SSSR count). The van der Waals surface area contributed by atoms with Crippen LogP contribution in [-0.4, -0.2) is 43.4 Å². The van der Waals surface area contributed by atoms with Crippen molar-refractivity contribution in [2.24, 2.45) is 0 Å². The van der Waals surface area contributed by atoms with Crippen LogP contribution in [0.5, 0.6) is 0 Å². The number of carbonyl (C=O) groups is 1. The lowest BCUT2D eigenvalue weighted by Crippen LogP contribution is -2.39. The number of imidazole rings is 1. The molecular weight excluding hydrogens is 477 g/mol. The minimum absolute atomic E-state index is 0.0975. The maximum Gasteiger partial charge on any atom is 0.266 e. The number of carbonyl (C=O) groups excluding carboxylic acids is 1. The summed E-state index contributed by atoms with van der Waals surface area (Å²) < 4.78 is 14.8. The second-order valence-electron chi connectivity index (χ2n) is 9.04. The normalized spacial score (nSPS) is 16.0. The van der Waals surface area contributed by atoms with Crippen molar-refractivity contribution in [3.8, 4) is 5.69 Å². The molecule has 9 heteroatoms. The smallest absolute Gasteiger partial charge is 0.266 e.